The van der Waals surface area contributed by atoms with Crippen molar-refractivity contribution in [2.75, 3.05) is 10.6 Å². The predicted molar refractivity (Wildman–Crippen MR) is 84.7 cm³/mol. The number of amides is 2. The van der Waals surface area contributed by atoms with E-state index in [1.807, 2.05) is 13.0 Å². The van der Waals surface area contributed by atoms with E-state index in [9.17, 15) is 9.59 Å². The number of aryl methyl sites for hydroxylation is 1. The highest BCUT2D eigenvalue weighted by atomic mass is 16.2. The van der Waals surface area contributed by atoms with Crippen molar-refractivity contribution < 1.29 is 9.59 Å². The molecule has 0 atom stereocenters. The third-order valence-electron chi connectivity index (χ3n) is 3.63. The molecule has 2 N–H and O–H groups in total. The maximum Gasteiger partial charge on any atom is 0.255 e. The fourth-order valence-corrected chi connectivity index (χ4v) is 2.12. The Labute approximate surface area is 128 Å². The van der Waals surface area contributed by atoms with Gasteiger partial charge in [0.05, 0.1) is 11.9 Å². The van der Waals surface area contributed by atoms with Crippen molar-refractivity contribution in [2.24, 2.45) is 5.92 Å². The van der Waals surface area contributed by atoms with Gasteiger partial charge < -0.3 is 10.6 Å². The number of benzene rings is 1. The smallest absolute Gasteiger partial charge is 0.255 e. The van der Waals surface area contributed by atoms with Crippen LogP contribution < -0.4 is 10.6 Å². The van der Waals surface area contributed by atoms with Gasteiger partial charge >= 0.3 is 0 Å². The number of carbonyl (C=O) groups excluding carboxylic acids is 2. The molecule has 22 heavy (non-hydrogen) atoms. The summed E-state index contributed by atoms with van der Waals surface area (Å²) in [5, 5.41) is 5.68. The van der Waals surface area contributed by atoms with E-state index in [1.165, 1.54) is 0 Å². The number of nitrogens with one attached hydrogen (secondary N) is 2. The minimum atomic E-state index is -0.227. The summed E-state index contributed by atoms with van der Waals surface area (Å²) in [7, 11) is 0. The Bertz CT molecular complexity index is 709. The van der Waals surface area contributed by atoms with Gasteiger partial charge in [0, 0.05) is 23.4 Å². The third-order valence-corrected chi connectivity index (χ3v) is 3.63. The standard InChI is InChI=1S/C17H17N3O2/c1-11-4-5-13(9-15(11)20-16(21)12-6-7-12)17(22)19-14-3-2-8-18-10-14/h2-5,8-10,12H,6-7H2,1H3,(H,19,22)(H,20,21). The summed E-state index contributed by atoms with van der Waals surface area (Å²) in [5.41, 5.74) is 2.76. The summed E-state index contributed by atoms with van der Waals surface area (Å²) >= 11 is 0. The summed E-state index contributed by atoms with van der Waals surface area (Å²) in [4.78, 5) is 28.1. The maximum atomic E-state index is 12.3. The zero-order valence-corrected chi connectivity index (χ0v) is 12.3. The van der Waals surface area contributed by atoms with Crippen molar-refractivity contribution in [3.05, 3.63) is 53.9 Å². The predicted octanol–water partition coefficient (Wildman–Crippen LogP) is 2.99. The quantitative estimate of drug-likeness (QED) is 0.911. The SMILES string of the molecule is Cc1ccc(C(=O)Nc2cccnc2)cc1NC(=O)C1CC1. The Kier molecular flexibility index (Phi) is 3.87. The van der Waals surface area contributed by atoms with E-state index in [1.54, 1.807) is 36.7 Å². The van der Waals surface area contributed by atoms with E-state index in [-0.39, 0.29) is 17.7 Å². The van der Waals surface area contributed by atoms with E-state index in [4.69, 9.17) is 0 Å². The number of carbonyl (C=O) groups is 2. The van der Waals surface area contributed by atoms with Crippen molar-refractivity contribution in [1.82, 2.24) is 4.98 Å². The van der Waals surface area contributed by atoms with Crippen LogP contribution in [-0.4, -0.2) is 16.8 Å². The molecule has 1 aromatic carbocycles. The molecule has 1 aliphatic rings. The van der Waals surface area contributed by atoms with Crippen LogP contribution in [0.1, 0.15) is 28.8 Å². The largest absolute Gasteiger partial charge is 0.326 e. The maximum absolute atomic E-state index is 12.3. The Morgan fingerprint density at radius 3 is 2.68 bits per heavy atom. The number of hydrogen-bond acceptors (Lipinski definition) is 3. The molecular formula is C17H17N3O2. The minimum Gasteiger partial charge on any atom is -0.326 e. The lowest BCUT2D eigenvalue weighted by atomic mass is 10.1. The lowest BCUT2D eigenvalue weighted by molar-refractivity contribution is -0.117. The summed E-state index contributed by atoms with van der Waals surface area (Å²) < 4.78 is 0. The molecule has 1 heterocycles. The van der Waals surface area contributed by atoms with Gasteiger partial charge in [-0.25, -0.2) is 0 Å². The second-order valence-electron chi connectivity index (χ2n) is 5.49. The number of hydrogen-bond donors (Lipinski definition) is 2. The van der Waals surface area contributed by atoms with Crippen LogP contribution in [0.3, 0.4) is 0 Å². The molecule has 5 heteroatoms. The number of anilines is 2. The van der Waals surface area contributed by atoms with Crippen LogP contribution >= 0.6 is 0 Å². The number of nitrogens with zero attached hydrogens (tertiary/aromatic N) is 1. The average Bonchev–Trinajstić information content (AvgIpc) is 3.35. The monoisotopic (exact) mass is 295 g/mol. The normalized spacial score (nSPS) is 13.5. The first-order chi connectivity index (χ1) is 10.6. The Balaban J connectivity index is 1.75. The highest BCUT2D eigenvalue weighted by molar-refractivity contribution is 6.05. The van der Waals surface area contributed by atoms with Crippen molar-refractivity contribution in [2.45, 2.75) is 19.8 Å². The van der Waals surface area contributed by atoms with Crippen LogP contribution in [0, 0.1) is 12.8 Å². The second kappa shape index (κ2) is 5.97. The highest BCUT2D eigenvalue weighted by Crippen LogP contribution is 2.30. The van der Waals surface area contributed by atoms with Gasteiger partial charge in [-0.2, -0.15) is 0 Å². The molecule has 5 nitrogen and oxygen atoms in total. The van der Waals surface area contributed by atoms with Crippen LogP contribution in [0.5, 0.6) is 0 Å². The van der Waals surface area contributed by atoms with Crippen LogP contribution in [0.25, 0.3) is 0 Å². The van der Waals surface area contributed by atoms with Crippen LogP contribution in [-0.2, 0) is 4.79 Å². The van der Waals surface area contributed by atoms with E-state index in [0.717, 1.165) is 18.4 Å². The topological polar surface area (TPSA) is 71.1 Å². The van der Waals surface area contributed by atoms with Gasteiger partial charge in [-0.15, -0.1) is 0 Å². The molecule has 3 rings (SSSR count). The van der Waals surface area contributed by atoms with E-state index in [2.05, 4.69) is 15.6 Å². The molecule has 0 aliphatic heterocycles. The lowest BCUT2D eigenvalue weighted by Crippen LogP contribution is -2.16. The molecule has 0 saturated heterocycles. The second-order valence-corrected chi connectivity index (χ2v) is 5.49. The molecule has 1 aliphatic carbocycles. The Morgan fingerprint density at radius 2 is 2.00 bits per heavy atom. The molecule has 0 radical (unpaired) electrons. The van der Waals surface area contributed by atoms with Crippen LogP contribution in [0.4, 0.5) is 11.4 Å². The molecule has 0 spiro atoms. The van der Waals surface area contributed by atoms with E-state index in [0.29, 0.717) is 16.9 Å². The molecule has 112 valence electrons. The highest BCUT2D eigenvalue weighted by Gasteiger charge is 2.29. The molecule has 0 bridgehead atoms. The van der Waals surface area contributed by atoms with E-state index >= 15 is 0 Å². The molecule has 2 amide bonds. The van der Waals surface area contributed by atoms with Gasteiger partial charge in [-0.1, -0.05) is 6.07 Å². The fraction of sp³-hybridized carbons (Fsp3) is 0.235. The fourth-order valence-electron chi connectivity index (χ4n) is 2.12. The van der Waals surface area contributed by atoms with Gasteiger partial charge in [0.1, 0.15) is 0 Å². The first kappa shape index (κ1) is 14.3. The molecule has 1 fully saturated rings. The van der Waals surface area contributed by atoms with Gasteiger partial charge in [0.25, 0.3) is 5.91 Å². The number of rotatable bonds is 4. The summed E-state index contributed by atoms with van der Waals surface area (Å²) in [5.74, 6) is -0.0601. The number of aromatic nitrogens is 1. The van der Waals surface area contributed by atoms with Crippen molar-refractivity contribution in [3.63, 3.8) is 0 Å². The molecule has 0 unspecified atom stereocenters. The number of pyridine rings is 1. The third kappa shape index (κ3) is 3.31. The lowest BCUT2D eigenvalue weighted by Gasteiger charge is -2.10. The van der Waals surface area contributed by atoms with Crippen molar-refractivity contribution >= 4 is 23.2 Å². The molecule has 1 aromatic heterocycles. The summed E-state index contributed by atoms with van der Waals surface area (Å²) in [6.45, 7) is 1.91. The van der Waals surface area contributed by atoms with Gasteiger partial charge in [0.15, 0.2) is 0 Å². The van der Waals surface area contributed by atoms with Crippen LogP contribution in [0.15, 0.2) is 42.7 Å². The Morgan fingerprint density at radius 1 is 1.18 bits per heavy atom. The molecule has 2 aromatic rings. The first-order valence-corrected chi connectivity index (χ1v) is 7.26. The zero-order valence-electron chi connectivity index (χ0n) is 12.3. The zero-order chi connectivity index (χ0) is 15.5. The van der Waals surface area contributed by atoms with Crippen molar-refractivity contribution in [1.29, 1.82) is 0 Å². The summed E-state index contributed by atoms with van der Waals surface area (Å²) in [6.07, 6.45) is 5.13. The molecular weight excluding hydrogens is 278 g/mol. The first-order valence-electron chi connectivity index (χ1n) is 7.26. The average molecular weight is 295 g/mol. The van der Waals surface area contributed by atoms with Crippen molar-refractivity contribution in [3.8, 4) is 0 Å². The van der Waals surface area contributed by atoms with Crippen LogP contribution in [0.2, 0.25) is 0 Å². The van der Waals surface area contributed by atoms with Gasteiger partial charge in [-0.05, 0) is 49.6 Å². The minimum absolute atomic E-state index is 0.0351. The Hall–Kier alpha value is -2.69. The van der Waals surface area contributed by atoms with Gasteiger partial charge in [-0.3, -0.25) is 14.6 Å². The summed E-state index contributed by atoms with van der Waals surface area (Å²) in [6, 6.07) is 8.82. The molecule has 1 saturated carbocycles. The van der Waals surface area contributed by atoms with E-state index < -0.39 is 0 Å². The van der Waals surface area contributed by atoms with Gasteiger partial charge in [0.2, 0.25) is 5.91 Å².